The van der Waals surface area contributed by atoms with Gasteiger partial charge in [-0.05, 0) is 44.4 Å². The molecule has 3 aromatic heterocycles. The highest BCUT2D eigenvalue weighted by atomic mass is 19.4. The molecule has 10 nitrogen and oxygen atoms in total. The predicted octanol–water partition coefficient (Wildman–Crippen LogP) is 5.20. The number of halogens is 4. The van der Waals surface area contributed by atoms with Crippen LogP contribution in [-0.2, 0) is 12.7 Å². The molecule has 1 atom stereocenters. The average molecular weight is 599 g/mol. The van der Waals surface area contributed by atoms with Crippen LogP contribution in [0, 0.1) is 5.82 Å². The monoisotopic (exact) mass is 598 g/mol. The Labute approximate surface area is 245 Å². The van der Waals surface area contributed by atoms with Gasteiger partial charge in [0.15, 0.2) is 17.3 Å². The van der Waals surface area contributed by atoms with Crippen LogP contribution in [0.1, 0.15) is 55.6 Å². The lowest BCUT2D eigenvalue weighted by Crippen LogP contribution is -2.47. The highest BCUT2D eigenvalue weighted by Crippen LogP contribution is 2.45. The fourth-order valence-corrected chi connectivity index (χ4v) is 5.27. The molecule has 1 saturated carbocycles. The van der Waals surface area contributed by atoms with Gasteiger partial charge in [-0.2, -0.15) is 13.2 Å². The van der Waals surface area contributed by atoms with Crippen LogP contribution < -0.4 is 14.5 Å². The maximum absolute atomic E-state index is 15.5. The van der Waals surface area contributed by atoms with Gasteiger partial charge in [0.2, 0.25) is 5.88 Å². The van der Waals surface area contributed by atoms with Crippen LogP contribution >= 0.6 is 0 Å². The zero-order valence-electron chi connectivity index (χ0n) is 24.0. The van der Waals surface area contributed by atoms with Gasteiger partial charge in [0.05, 0.1) is 31.1 Å². The van der Waals surface area contributed by atoms with Crippen LogP contribution in [-0.4, -0.2) is 61.5 Å². The molecule has 1 unspecified atom stereocenters. The Balaban J connectivity index is 1.36. The second-order valence-electron chi connectivity index (χ2n) is 11.1. The van der Waals surface area contributed by atoms with E-state index in [4.69, 9.17) is 9.72 Å². The molecule has 1 aromatic carbocycles. The van der Waals surface area contributed by atoms with E-state index in [9.17, 15) is 18.3 Å². The zero-order valence-corrected chi connectivity index (χ0v) is 24.0. The number of methoxy groups -OCH3 is 1. The number of aromatic nitrogens is 6. The molecular weight excluding hydrogens is 568 g/mol. The van der Waals surface area contributed by atoms with Gasteiger partial charge in [-0.1, -0.05) is 6.07 Å². The molecule has 226 valence electrons. The fraction of sp³-hybridized carbons (Fsp3) is 0.414. The van der Waals surface area contributed by atoms with Gasteiger partial charge in [-0.25, -0.2) is 29.3 Å². The van der Waals surface area contributed by atoms with Gasteiger partial charge >= 0.3 is 6.18 Å². The molecule has 1 aliphatic heterocycles. The van der Waals surface area contributed by atoms with Crippen LogP contribution in [0.25, 0.3) is 22.8 Å². The molecule has 0 amide bonds. The summed E-state index contributed by atoms with van der Waals surface area (Å²) in [7, 11) is 3.25. The van der Waals surface area contributed by atoms with Crippen molar-refractivity contribution in [1.82, 2.24) is 29.5 Å². The van der Waals surface area contributed by atoms with Crippen molar-refractivity contribution in [2.45, 2.75) is 57.6 Å². The number of fused-ring (bicyclic) bond motifs is 1. The molecule has 14 heteroatoms. The summed E-state index contributed by atoms with van der Waals surface area (Å²) in [5.41, 5.74) is 1.40. The topological polar surface area (TPSA) is 105 Å². The molecule has 6 rings (SSSR count). The first-order chi connectivity index (χ1) is 20.5. The zero-order chi connectivity index (χ0) is 30.6. The summed E-state index contributed by atoms with van der Waals surface area (Å²) in [6.45, 7) is 3.73. The van der Waals surface area contributed by atoms with E-state index in [1.807, 2.05) is 4.90 Å². The maximum Gasteiger partial charge on any atom is 0.434 e. The number of imidazole rings is 1. The number of hydrogen-bond acceptors (Lipinski definition) is 9. The van der Waals surface area contributed by atoms with Crippen LogP contribution in [0.15, 0.2) is 36.9 Å². The Bertz CT molecular complexity index is 1670. The third-order valence-corrected chi connectivity index (χ3v) is 7.71. The van der Waals surface area contributed by atoms with Gasteiger partial charge in [-0.3, -0.25) is 0 Å². The number of alkyl halides is 3. The molecule has 0 spiro atoms. The summed E-state index contributed by atoms with van der Waals surface area (Å²) in [4.78, 5) is 25.3. The van der Waals surface area contributed by atoms with Crippen molar-refractivity contribution < 1.29 is 27.4 Å². The Morgan fingerprint density at radius 3 is 2.53 bits per heavy atom. The fourth-order valence-electron chi connectivity index (χ4n) is 5.27. The molecule has 0 radical (unpaired) electrons. The molecular formula is C29H30F4N8O2. The van der Waals surface area contributed by atoms with E-state index < -0.39 is 23.9 Å². The van der Waals surface area contributed by atoms with E-state index in [2.05, 4.69) is 19.9 Å². The Morgan fingerprint density at radius 2 is 1.88 bits per heavy atom. The molecule has 43 heavy (non-hydrogen) atoms. The quantitative estimate of drug-likeness (QED) is 0.288. The van der Waals surface area contributed by atoms with Crippen molar-refractivity contribution >= 4 is 11.5 Å². The average Bonchev–Trinajstić information content (AvgIpc) is 3.71. The van der Waals surface area contributed by atoms with Crippen molar-refractivity contribution in [3.8, 4) is 28.7 Å². The van der Waals surface area contributed by atoms with E-state index in [0.29, 0.717) is 34.3 Å². The van der Waals surface area contributed by atoms with E-state index in [1.165, 1.54) is 30.1 Å². The predicted molar refractivity (Wildman–Crippen MR) is 150 cm³/mol. The van der Waals surface area contributed by atoms with Crippen molar-refractivity contribution in [2.24, 2.45) is 0 Å². The molecule has 2 aliphatic rings. The number of hydrogen-bond donors (Lipinski definition) is 1. The Morgan fingerprint density at radius 1 is 1.12 bits per heavy atom. The first kappa shape index (κ1) is 28.8. The van der Waals surface area contributed by atoms with E-state index in [-0.39, 0.29) is 36.4 Å². The van der Waals surface area contributed by atoms with E-state index in [0.717, 1.165) is 24.7 Å². The van der Waals surface area contributed by atoms with Gasteiger partial charge < -0.3 is 24.2 Å². The number of ether oxygens (including phenoxy) is 1. The molecule has 1 fully saturated rings. The largest absolute Gasteiger partial charge is 0.480 e. The molecule has 0 bridgehead atoms. The third kappa shape index (κ3) is 5.35. The standard InChI is InChI=1S/C29H30F4N8O2/c1-15(2)41-12-21(29(31,32)33)37-26(41)18-8-5-16(9-19(18)30)11-40-13-22(42)39(3)20-10-34-25(38-27(20)40)23-24(17-6-7-17)35-14-36-28(23)43-4/h5,8-10,12,14-15,17,22,42H,6-7,11,13H2,1-4H3. The molecule has 0 saturated heterocycles. The van der Waals surface area contributed by atoms with Crippen molar-refractivity contribution in [2.75, 3.05) is 30.5 Å². The number of benzene rings is 1. The van der Waals surface area contributed by atoms with Gasteiger partial charge in [0, 0.05) is 31.7 Å². The maximum atomic E-state index is 15.5. The summed E-state index contributed by atoms with van der Waals surface area (Å²) in [5.74, 6) is 0.702. The Kier molecular flexibility index (Phi) is 7.19. The van der Waals surface area contributed by atoms with Crippen LogP contribution in [0.5, 0.6) is 5.88 Å². The second-order valence-corrected chi connectivity index (χ2v) is 11.1. The normalized spacial score (nSPS) is 17.0. The first-order valence-corrected chi connectivity index (χ1v) is 13.8. The van der Waals surface area contributed by atoms with E-state index >= 15 is 4.39 Å². The van der Waals surface area contributed by atoms with Crippen molar-refractivity contribution in [3.63, 3.8) is 0 Å². The number of likely N-dealkylation sites (N-methyl/N-ethyl adjacent to an activating group) is 1. The van der Waals surface area contributed by atoms with Crippen molar-refractivity contribution in [3.05, 3.63) is 59.7 Å². The minimum Gasteiger partial charge on any atom is -0.480 e. The van der Waals surface area contributed by atoms with Gasteiger partial charge in [-0.15, -0.1) is 0 Å². The van der Waals surface area contributed by atoms with Crippen molar-refractivity contribution in [1.29, 1.82) is 0 Å². The lowest BCUT2D eigenvalue weighted by molar-refractivity contribution is -0.140. The molecule has 4 aromatic rings. The summed E-state index contributed by atoms with van der Waals surface area (Å²) >= 11 is 0. The summed E-state index contributed by atoms with van der Waals surface area (Å²) in [6.07, 6.45) is 0.420. The van der Waals surface area contributed by atoms with Gasteiger partial charge in [0.25, 0.3) is 0 Å². The molecule has 1 N–H and O–H groups in total. The highest BCUT2D eigenvalue weighted by molar-refractivity contribution is 5.74. The first-order valence-electron chi connectivity index (χ1n) is 13.8. The second kappa shape index (κ2) is 10.7. The third-order valence-electron chi connectivity index (χ3n) is 7.71. The van der Waals surface area contributed by atoms with Crippen LogP contribution in [0.2, 0.25) is 0 Å². The minimum atomic E-state index is -4.66. The summed E-state index contributed by atoms with van der Waals surface area (Å²) in [5, 5.41) is 10.8. The number of rotatable bonds is 7. The highest BCUT2D eigenvalue weighted by Gasteiger charge is 2.36. The Hall–Kier alpha value is -4.33. The van der Waals surface area contributed by atoms with Gasteiger partial charge in [0.1, 0.15) is 35.4 Å². The number of β-amino-alcohol motifs (C(OH)–C–C–N with tert-alkyl or cyclic N) is 1. The lowest BCUT2D eigenvalue weighted by atomic mass is 10.1. The number of aliphatic hydroxyl groups excluding tert-OH is 1. The lowest BCUT2D eigenvalue weighted by Gasteiger charge is -2.39. The SMILES string of the molecule is COc1ncnc(C2CC2)c1-c1ncc2c(n1)N(Cc1ccc(-c3nc(C(F)(F)F)cn3C(C)C)c(F)c1)CC(O)N2C. The van der Waals surface area contributed by atoms with E-state index in [1.54, 1.807) is 38.1 Å². The van der Waals surface area contributed by atoms with Crippen LogP contribution in [0.3, 0.4) is 0 Å². The van der Waals surface area contributed by atoms with Crippen LogP contribution in [0.4, 0.5) is 29.1 Å². The number of nitrogens with zero attached hydrogens (tertiary/aromatic N) is 8. The minimum absolute atomic E-state index is 0.0415. The summed E-state index contributed by atoms with van der Waals surface area (Å²) in [6, 6.07) is 3.97. The number of aliphatic hydroxyl groups is 1. The molecule has 4 heterocycles. The summed E-state index contributed by atoms with van der Waals surface area (Å²) < 4.78 is 62.5. The smallest absolute Gasteiger partial charge is 0.434 e. The molecule has 1 aliphatic carbocycles. The number of anilines is 2.